The highest BCUT2D eigenvalue weighted by Crippen LogP contribution is 2.27. The highest BCUT2D eigenvalue weighted by atomic mass is 16.5. The van der Waals surface area contributed by atoms with Crippen LogP contribution in [-0.2, 0) is 9.53 Å². The first-order valence-corrected chi connectivity index (χ1v) is 9.93. The Kier molecular flexibility index (Phi) is 6.49. The van der Waals surface area contributed by atoms with Crippen molar-refractivity contribution in [3.05, 3.63) is 29.7 Å². The number of carbonyl (C=O) groups is 2. The summed E-state index contributed by atoms with van der Waals surface area (Å²) in [5.74, 6) is 0.718. The standard InChI is InChI=1S/C20H30N6O3/c1-14(2)25-9-8-24(15(3)27)13-17(25)19-22-21-18-7-6-16(12-26(18)19)20(28)23(4)10-11-29-5/h6-7,12,14,17H,8-11,13H2,1-5H3. The fourth-order valence-corrected chi connectivity index (χ4v) is 3.74. The molecule has 0 spiro atoms. The number of pyridine rings is 1. The molecule has 0 aromatic carbocycles. The number of methoxy groups -OCH3 is 1. The van der Waals surface area contributed by atoms with E-state index < -0.39 is 0 Å². The first kappa shape index (κ1) is 21.2. The summed E-state index contributed by atoms with van der Waals surface area (Å²) in [6, 6.07) is 3.78. The van der Waals surface area contributed by atoms with Gasteiger partial charge in [0.25, 0.3) is 5.91 Å². The van der Waals surface area contributed by atoms with Gasteiger partial charge in [-0.05, 0) is 26.0 Å². The average molecular weight is 402 g/mol. The molecule has 3 heterocycles. The van der Waals surface area contributed by atoms with Crippen molar-refractivity contribution in [1.82, 2.24) is 29.3 Å². The van der Waals surface area contributed by atoms with Gasteiger partial charge < -0.3 is 14.5 Å². The minimum Gasteiger partial charge on any atom is -0.383 e. The summed E-state index contributed by atoms with van der Waals surface area (Å²) in [6.45, 7) is 8.90. The van der Waals surface area contributed by atoms with Crippen molar-refractivity contribution in [1.29, 1.82) is 0 Å². The number of aromatic nitrogens is 3. The molecule has 9 heteroatoms. The number of nitrogens with zero attached hydrogens (tertiary/aromatic N) is 6. The number of piperazine rings is 1. The van der Waals surface area contributed by atoms with Crippen LogP contribution < -0.4 is 0 Å². The van der Waals surface area contributed by atoms with Crippen molar-refractivity contribution in [3.63, 3.8) is 0 Å². The Hall–Kier alpha value is -2.52. The van der Waals surface area contributed by atoms with Crippen LogP contribution in [-0.4, -0.2) is 94.1 Å². The van der Waals surface area contributed by atoms with Crippen LogP contribution in [0.25, 0.3) is 5.65 Å². The molecule has 1 unspecified atom stereocenters. The molecule has 0 aliphatic carbocycles. The van der Waals surface area contributed by atoms with Gasteiger partial charge in [0.1, 0.15) is 0 Å². The van der Waals surface area contributed by atoms with Gasteiger partial charge in [-0.1, -0.05) is 0 Å². The van der Waals surface area contributed by atoms with Crippen LogP contribution in [0.4, 0.5) is 0 Å². The first-order chi connectivity index (χ1) is 13.8. The maximum Gasteiger partial charge on any atom is 0.255 e. The predicted octanol–water partition coefficient (Wildman–Crippen LogP) is 1.06. The van der Waals surface area contributed by atoms with E-state index in [9.17, 15) is 9.59 Å². The van der Waals surface area contributed by atoms with Crippen LogP contribution >= 0.6 is 0 Å². The van der Waals surface area contributed by atoms with E-state index in [-0.39, 0.29) is 17.9 Å². The SMILES string of the molecule is COCCN(C)C(=O)c1ccc2nnc(C3CN(C(C)=O)CCN3C(C)C)n2c1. The second kappa shape index (κ2) is 8.87. The minimum atomic E-state index is -0.0849. The van der Waals surface area contributed by atoms with Gasteiger partial charge in [-0.3, -0.25) is 18.9 Å². The molecular weight excluding hydrogens is 372 g/mol. The maximum absolute atomic E-state index is 12.8. The van der Waals surface area contributed by atoms with Gasteiger partial charge in [0, 0.05) is 59.5 Å². The molecule has 1 aliphatic heterocycles. The van der Waals surface area contributed by atoms with Crippen molar-refractivity contribution in [3.8, 4) is 0 Å². The Bertz CT molecular complexity index is 880. The molecule has 1 fully saturated rings. The second-order valence-electron chi connectivity index (χ2n) is 7.74. The molecular formula is C20H30N6O3. The Labute approximate surface area is 171 Å². The van der Waals surface area contributed by atoms with Gasteiger partial charge >= 0.3 is 0 Å². The monoisotopic (exact) mass is 402 g/mol. The quantitative estimate of drug-likeness (QED) is 0.719. The van der Waals surface area contributed by atoms with E-state index in [0.29, 0.717) is 43.5 Å². The lowest BCUT2D eigenvalue weighted by atomic mass is 10.1. The van der Waals surface area contributed by atoms with Gasteiger partial charge in [0.2, 0.25) is 5.91 Å². The van der Waals surface area contributed by atoms with Crippen molar-refractivity contribution < 1.29 is 14.3 Å². The zero-order chi connectivity index (χ0) is 21.1. The zero-order valence-electron chi connectivity index (χ0n) is 17.8. The normalized spacial score (nSPS) is 17.9. The van der Waals surface area contributed by atoms with E-state index in [4.69, 9.17) is 4.74 Å². The minimum absolute atomic E-state index is 0.0582. The lowest BCUT2D eigenvalue weighted by Crippen LogP contribution is -2.52. The van der Waals surface area contributed by atoms with Crippen molar-refractivity contribution in [2.24, 2.45) is 0 Å². The molecule has 3 rings (SSSR count). The molecule has 0 N–H and O–H groups in total. The second-order valence-corrected chi connectivity index (χ2v) is 7.74. The van der Waals surface area contributed by atoms with Crippen molar-refractivity contribution in [2.75, 3.05) is 46.9 Å². The summed E-state index contributed by atoms with van der Waals surface area (Å²) < 4.78 is 6.94. The molecule has 1 aliphatic rings. The molecule has 1 saturated heterocycles. The number of amides is 2. The van der Waals surface area contributed by atoms with E-state index in [1.807, 2.05) is 9.30 Å². The molecule has 0 saturated carbocycles. The highest BCUT2D eigenvalue weighted by molar-refractivity contribution is 5.94. The third-order valence-electron chi connectivity index (χ3n) is 5.48. The van der Waals surface area contributed by atoms with Crippen LogP contribution in [0.15, 0.2) is 18.3 Å². The van der Waals surface area contributed by atoms with Crippen molar-refractivity contribution >= 4 is 17.5 Å². The molecule has 0 radical (unpaired) electrons. The Balaban J connectivity index is 1.95. The van der Waals surface area contributed by atoms with Gasteiger partial charge in [-0.25, -0.2) is 0 Å². The first-order valence-electron chi connectivity index (χ1n) is 9.93. The lowest BCUT2D eigenvalue weighted by Gasteiger charge is -2.42. The molecule has 2 aromatic rings. The summed E-state index contributed by atoms with van der Waals surface area (Å²) in [4.78, 5) is 30.5. The molecule has 158 valence electrons. The molecule has 29 heavy (non-hydrogen) atoms. The average Bonchev–Trinajstić information content (AvgIpc) is 3.13. The predicted molar refractivity (Wildman–Crippen MR) is 109 cm³/mol. The van der Waals surface area contributed by atoms with Crippen LogP contribution in [0.2, 0.25) is 0 Å². The topological polar surface area (TPSA) is 83.3 Å². The highest BCUT2D eigenvalue weighted by Gasteiger charge is 2.34. The van der Waals surface area contributed by atoms with Gasteiger partial charge in [0.15, 0.2) is 11.5 Å². The number of hydrogen-bond donors (Lipinski definition) is 0. The molecule has 1 atom stereocenters. The maximum atomic E-state index is 12.8. The summed E-state index contributed by atoms with van der Waals surface area (Å²) in [5, 5.41) is 8.72. The Morgan fingerprint density at radius 3 is 2.69 bits per heavy atom. The lowest BCUT2D eigenvalue weighted by molar-refractivity contribution is -0.132. The number of rotatable bonds is 6. The van der Waals surface area contributed by atoms with Gasteiger partial charge in [-0.15, -0.1) is 10.2 Å². The third kappa shape index (κ3) is 4.40. The largest absolute Gasteiger partial charge is 0.383 e. The molecule has 2 aromatic heterocycles. The van der Waals surface area contributed by atoms with Crippen LogP contribution in [0.5, 0.6) is 0 Å². The Morgan fingerprint density at radius 2 is 2.03 bits per heavy atom. The van der Waals surface area contributed by atoms with Crippen LogP contribution in [0, 0.1) is 0 Å². The summed E-state index contributed by atoms with van der Waals surface area (Å²) >= 11 is 0. The van der Waals surface area contributed by atoms with Gasteiger partial charge in [0.05, 0.1) is 18.2 Å². The van der Waals surface area contributed by atoms with E-state index in [1.165, 1.54) is 0 Å². The van der Waals surface area contributed by atoms with E-state index in [0.717, 1.165) is 12.4 Å². The Morgan fingerprint density at radius 1 is 1.28 bits per heavy atom. The van der Waals surface area contributed by atoms with E-state index in [1.54, 1.807) is 44.3 Å². The van der Waals surface area contributed by atoms with E-state index >= 15 is 0 Å². The number of carbonyl (C=O) groups excluding carboxylic acids is 2. The molecule has 0 bridgehead atoms. The number of ether oxygens (including phenoxy) is 1. The number of likely N-dealkylation sites (N-methyl/N-ethyl adjacent to an activating group) is 1. The van der Waals surface area contributed by atoms with Crippen LogP contribution in [0.1, 0.15) is 43.0 Å². The summed E-state index contributed by atoms with van der Waals surface area (Å²) in [7, 11) is 3.37. The molecule has 9 nitrogen and oxygen atoms in total. The fraction of sp³-hybridized carbons (Fsp3) is 0.600. The van der Waals surface area contributed by atoms with Crippen molar-refractivity contribution in [2.45, 2.75) is 32.9 Å². The summed E-state index contributed by atoms with van der Waals surface area (Å²) in [5.41, 5.74) is 1.24. The number of hydrogen-bond acceptors (Lipinski definition) is 6. The zero-order valence-corrected chi connectivity index (χ0v) is 17.8. The van der Waals surface area contributed by atoms with Crippen LogP contribution in [0.3, 0.4) is 0 Å². The smallest absolute Gasteiger partial charge is 0.255 e. The number of fused-ring (bicyclic) bond motifs is 1. The van der Waals surface area contributed by atoms with E-state index in [2.05, 4.69) is 28.9 Å². The summed E-state index contributed by atoms with van der Waals surface area (Å²) in [6.07, 6.45) is 1.79. The fourth-order valence-electron chi connectivity index (χ4n) is 3.74. The molecule has 2 amide bonds. The van der Waals surface area contributed by atoms with Gasteiger partial charge in [-0.2, -0.15) is 0 Å². The third-order valence-corrected chi connectivity index (χ3v) is 5.48.